The molecule has 0 bridgehead atoms. The van der Waals surface area contributed by atoms with E-state index >= 15 is 0 Å². The monoisotopic (exact) mass is 395 g/mol. The van der Waals surface area contributed by atoms with Crippen molar-refractivity contribution in [2.75, 3.05) is 13.2 Å². The Morgan fingerprint density at radius 1 is 1.07 bits per heavy atom. The number of hydrazine groups is 1. The van der Waals surface area contributed by atoms with E-state index in [9.17, 15) is 14.4 Å². The Labute approximate surface area is 170 Å². The molecule has 1 heterocycles. The van der Waals surface area contributed by atoms with Gasteiger partial charge in [0.2, 0.25) is 11.8 Å². The Balaban J connectivity index is 1.49. The van der Waals surface area contributed by atoms with Crippen LogP contribution in [0.3, 0.4) is 0 Å². The van der Waals surface area contributed by atoms with E-state index in [-0.39, 0.29) is 18.2 Å². The second-order valence-electron chi connectivity index (χ2n) is 7.06. The number of nitrogens with one attached hydrogen (secondary N) is 2. The fraction of sp³-hybridized carbons (Fsp3) is 0.318. The molecule has 7 heteroatoms. The number of rotatable bonds is 6. The van der Waals surface area contributed by atoms with Gasteiger partial charge in [0.05, 0.1) is 12.5 Å². The molecular formula is C22H25N3O4. The Hall–Kier alpha value is -3.35. The summed E-state index contributed by atoms with van der Waals surface area (Å²) in [7, 11) is 0. The zero-order valence-corrected chi connectivity index (χ0v) is 16.6. The SMILES string of the molecule is CCOc1ccc(C(=O)NNC(=O)[C@H]2CC(=O)N(Cc3ccc(C)cc3)C2)cc1. The number of nitrogens with zero attached hydrogens (tertiary/aromatic N) is 1. The Kier molecular flexibility index (Phi) is 6.49. The molecule has 1 aliphatic rings. The molecule has 1 saturated heterocycles. The largest absolute Gasteiger partial charge is 0.494 e. The number of carbonyl (C=O) groups is 3. The molecule has 29 heavy (non-hydrogen) atoms. The maximum Gasteiger partial charge on any atom is 0.269 e. The van der Waals surface area contributed by atoms with Gasteiger partial charge in [0.25, 0.3) is 5.91 Å². The van der Waals surface area contributed by atoms with Crippen LogP contribution < -0.4 is 15.6 Å². The van der Waals surface area contributed by atoms with Gasteiger partial charge < -0.3 is 9.64 Å². The number of likely N-dealkylation sites (tertiary alicyclic amines) is 1. The summed E-state index contributed by atoms with van der Waals surface area (Å²) in [6.07, 6.45) is 0.136. The van der Waals surface area contributed by atoms with Crippen LogP contribution in [0.4, 0.5) is 0 Å². The summed E-state index contributed by atoms with van der Waals surface area (Å²) in [5, 5.41) is 0. The van der Waals surface area contributed by atoms with E-state index in [2.05, 4.69) is 10.9 Å². The van der Waals surface area contributed by atoms with Crippen LogP contribution in [-0.2, 0) is 16.1 Å². The summed E-state index contributed by atoms with van der Waals surface area (Å²) in [4.78, 5) is 38.5. The van der Waals surface area contributed by atoms with Gasteiger partial charge >= 0.3 is 0 Å². The van der Waals surface area contributed by atoms with Crippen LogP contribution in [0.5, 0.6) is 5.75 Å². The molecule has 0 radical (unpaired) electrons. The second kappa shape index (κ2) is 9.23. The van der Waals surface area contributed by atoms with Gasteiger partial charge in [-0.3, -0.25) is 25.2 Å². The Bertz CT molecular complexity index is 878. The number of amides is 3. The third-order valence-corrected chi connectivity index (χ3v) is 4.81. The minimum Gasteiger partial charge on any atom is -0.494 e. The minimum atomic E-state index is -0.492. The molecule has 2 aromatic rings. The summed E-state index contributed by atoms with van der Waals surface area (Å²) in [5.41, 5.74) is 7.41. The van der Waals surface area contributed by atoms with Crippen LogP contribution >= 0.6 is 0 Å². The highest BCUT2D eigenvalue weighted by Gasteiger charge is 2.34. The number of hydrogen-bond acceptors (Lipinski definition) is 4. The van der Waals surface area contributed by atoms with Gasteiger partial charge in [0, 0.05) is 25.1 Å². The molecule has 7 nitrogen and oxygen atoms in total. The maximum absolute atomic E-state index is 12.4. The number of hydrogen-bond donors (Lipinski definition) is 2. The quantitative estimate of drug-likeness (QED) is 0.734. The van der Waals surface area contributed by atoms with Crippen molar-refractivity contribution in [3.8, 4) is 5.75 Å². The molecule has 1 aliphatic heterocycles. The van der Waals surface area contributed by atoms with Crippen molar-refractivity contribution in [2.24, 2.45) is 5.92 Å². The van der Waals surface area contributed by atoms with Crippen LogP contribution in [0.2, 0.25) is 0 Å². The number of ether oxygens (including phenoxy) is 1. The van der Waals surface area contributed by atoms with E-state index in [0.717, 1.165) is 11.1 Å². The van der Waals surface area contributed by atoms with Crippen molar-refractivity contribution in [1.29, 1.82) is 0 Å². The van der Waals surface area contributed by atoms with Crippen molar-refractivity contribution in [1.82, 2.24) is 15.8 Å². The number of carbonyl (C=O) groups excluding carboxylic acids is 3. The summed E-state index contributed by atoms with van der Waals surface area (Å²) in [5.74, 6) is -0.686. The molecule has 2 aromatic carbocycles. The third-order valence-electron chi connectivity index (χ3n) is 4.81. The molecule has 0 spiro atoms. The zero-order chi connectivity index (χ0) is 20.8. The van der Waals surface area contributed by atoms with Gasteiger partial charge in [-0.1, -0.05) is 29.8 Å². The normalized spacial score (nSPS) is 15.9. The molecule has 152 valence electrons. The van der Waals surface area contributed by atoms with Gasteiger partial charge in [-0.25, -0.2) is 0 Å². The highest BCUT2D eigenvalue weighted by Crippen LogP contribution is 2.20. The maximum atomic E-state index is 12.4. The predicted octanol–water partition coefficient (Wildman–Crippen LogP) is 2.20. The first kappa shape index (κ1) is 20.4. The van der Waals surface area contributed by atoms with E-state index in [1.165, 1.54) is 0 Å². The van der Waals surface area contributed by atoms with E-state index in [1.54, 1.807) is 29.2 Å². The molecule has 1 fully saturated rings. The van der Waals surface area contributed by atoms with Crippen LogP contribution in [0.25, 0.3) is 0 Å². The first-order chi connectivity index (χ1) is 14.0. The molecular weight excluding hydrogens is 370 g/mol. The lowest BCUT2D eigenvalue weighted by Crippen LogP contribution is -2.45. The summed E-state index contributed by atoms with van der Waals surface area (Å²) >= 11 is 0. The van der Waals surface area contributed by atoms with Gasteiger partial charge in [0.1, 0.15) is 5.75 Å². The number of benzene rings is 2. The van der Waals surface area contributed by atoms with Gasteiger partial charge in [-0.05, 0) is 43.7 Å². The smallest absolute Gasteiger partial charge is 0.269 e. The van der Waals surface area contributed by atoms with Gasteiger partial charge in [-0.2, -0.15) is 0 Å². The van der Waals surface area contributed by atoms with Crippen molar-refractivity contribution >= 4 is 17.7 Å². The molecule has 0 saturated carbocycles. The number of aryl methyl sites for hydroxylation is 1. The summed E-state index contributed by atoms with van der Waals surface area (Å²) < 4.78 is 5.34. The lowest BCUT2D eigenvalue weighted by atomic mass is 10.1. The average Bonchev–Trinajstić information content (AvgIpc) is 3.09. The Morgan fingerprint density at radius 2 is 1.76 bits per heavy atom. The van der Waals surface area contributed by atoms with Crippen LogP contribution in [0.1, 0.15) is 34.8 Å². The van der Waals surface area contributed by atoms with Crippen LogP contribution in [-0.4, -0.2) is 35.8 Å². The van der Waals surface area contributed by atoms with Crippen molar-refractivity contribution < 1.29 is 19.1 Å². The summed E-state index contributed by atoms with van der Waals surface area (Å²) in [6, 6.07) is 14.6. The van der Waals surface area contributed by atoms with E-state index < -0.39 is 11.8 Å². The standard InChI is InChI=1S/C22H25N3O4/c1-3-29-19-10-8-17(9-11-19)21(27)23-24-22(28)18-12-20(26)25(14-18)13-16-6-4-15(2)5-7-16/h4-11,18H,3,12-14H2,1-2H3,(H,23,27)(H,24,28)/t18-/m0/s1. The van der Waals surface area contributed by atoms with Crippen molar-refractivity contribution in [3.05, 3.63) is 65.2 Å². The fourth-order valence-corrected chi connectivity index (χ4v) is 3.18. The first-order valence-corrected chi connectivity index (χ1v) is 9.62. The molecule has 0 aromatic heterocycles. The van der Waals surface area contributed by atoms with E-state index in [4.69, 9.17) is 4.74 Å². The van der Waals surface area contributed by atoms with Gasteiger partial charge in [-0.15, -0.1) is 0 Å². The van der Waals surface area contributed by atoms with Crippen molar-refractivity contribution in [3.63, 3.8) is 0 Å². The zero-order valence-electron chi connectivity index (χ0n) is 16.6. The Morgan fingerprint density at radius 3 is 2.41 bits per heavy atom. The van der Waals surface area contributed by atoms with Gasteiger partial charge in [0.15, 0.2) is 0 Å². The molecule has 0 unspecified atom stereocenters. The van der Waals surface area contributed by atoms with Crippen LogP contribution in [0.15, 0.2) is 48.5 Å². The first-order valence-electron chi connectivity index (χ1n) is 9.62. The topological polar surface area (TPSA) is 87.7 Å². The molecule has 1 atom stereocenters. The highest BCUT2D eigenvalue weighted by atomic mass is 16.5. The fourth-order valence-electron chi connectivity index (χ4n) is 3.18. The molecule has 3 rings (SSSR count). The molecule has 2 N–H and O–H groups in total. The van der Waals surface area contributed by atoms with E-state index in [0.29, 0.717) is 31.0 Å². The van der Waals surface area contributed by atoms with Crippen molar-refractivity contribution in [2.45, 2.75) is 26.8 Å². The predicted molar refractivity (Wildman–Crippen MR) is 108 cm³/mol. The van der Waals surface area contributed by atoms with E-state index in [1.807, 2.05) is 38.1 Å². The summed E-state index contributed by atoms with van der Waals surface area (Å²) in [6.45, 7) is 5.24. The lowest BCUT2D eigenvalue weighted by Gasteiger charge is -2.17. The average molecular weight is 395 g/mol. The highest BCUT2D eigenvalue weighted by molar-refractivity contribution is 5.96. The molecule has 0 aliphatic carbocycles. The third kappa shape index (κ3) is 5.34. The second-order valence-corrected chi connectivity index (χ2v) is 7.06. The lowest BCUT2D eigenvalue weighted by molar-refractivity contribution is -0.129. The molecule has 3 amide bonds. The minimum absolute atomic E-state index is 0.0661. The van der Waals surface area contributed by atoms with Crippen LogP contribution in [0, 0.1) is 12.8 Å².